The molecular weight excluding hydrogens is 260 g/mol. The fourth-order valence-electron chi connectivity index (χ4n) is 3.63. The first-order chi connectivity index (χ1) is 9.95. The molecule has 3 heteroatoms. The monoisotopic (exact) mass is 286 g/mol. The van der Waals surface area contributed by atoms with E-state index in [4.69, 9.17) is 0 Å². The number of hydrogen-bond donors (Lipinski definition) is 1. The Morgan fingerprint density at radius 3 is 2.48 bits per heavy atom. The predicted molar refractivity (Wildman–Crippen MR) is 85.2 cm³/mol. The van der Waals surface area contributed by atoms with Crippen LogP contribution in [0, 0.1) is 0 Å². The molecule has 0 bridgehead atoms. The molecule has 2 fully saturated rings. The zero-order chi connectivity index (χ0) is 15.1. The molecule has 1 saturated heterocycles. The van der Waals surface area contributed by atoms with E-state index in [1.165, 1.54) is 5.56 Å². The summed E-state index contributed by atoms with van der Waals surface area (Å²) in [5, 5.41) is 3.53. The van der Waals surface area contributed by atoms with Crippen LogP contribution in [0.2, 0.25) is 0 Å². The number of amides is 1. The number of rotatable bonds is 2. The summed E-state index contributed by atoms with van der Waals surface area (Å²) in [5.74, 6) is 0.335. The molecule has 1 aromatic rings. The van der Waals surface area contributed by atoms with Crippen molar-refractivity contribution >= 4 is 5.91 Å². The molecule has 3 rings (SSSR count). The molecule has 0 aromatic heterocycles. The molecule has 1 atom stereocenters. The van der Waals surface area contributed by atoms with E-state index in [2.05, 4.69) is 43.1 Å². The summed E-state index contributed by atoms with van der Waals surface area (Å²) < 4.78 is 0. The largest absolute Gasteiger partial charge is 0.336 e. The lowest BCUT2D eigenvalue weighted by atomic mass is 9.63. The Hall–Kier alpha value is -1.35. The Balaban J connectivity index is 1.89. The van der Waals surface area contributed by atoms with Crippen LogP contribution in [0.1, 0.15) is 45.6 Å². The molecule has 3 nitrogen and oxygen atoms in total. The highest BCUT2D eigenvalue weighted by atomic mass is 16.2. The summed E-state index contributed by atoms with van der Waals surface area (Å²) in [4.78, 5) is 15.4. The van der Waals surface area contributed by atoms with E-state index in [-0.39, 0.29) is 17.0 Å². The smallest absolute Gasteiger partial charge is 0.233 e. The molecule has 1 aromatic carbocycles. The fourth-order valence-corrected chi connectivity index (χ4v) is 3.63. The predicted octanol–water partition coefficient (Wildman–Crippen LogP) is 2.71. The van der Waals surface area contributed by atoms with Gasteiger partial charge < -0.3 is 10.2 Å². The molecule has 1 unspecified atom stereocenters. The first-order valence-electron chi connectivity index (χ1n) is 8.06. The highest BCUT2D eigenvalue weighted by molar-refractivity contribution is 5.89. The van der Waals surface area contributed by atoms with E-state index in [0.29, 0.717) is 5.91 Å². The van der Waals surface area contributed by atoms with Gasteiger partial charge in [-0.15, -0.1) is 0 Å². The number of carbonyl (C=O) groups is 1. The molecule has 1 aliphatic carbocycles. The molecule has 1 amide bonds. The maximum absolute atomic E-state index is 13.3. The average molecular weight is 286 g/mol. The second-order valence-corrected chi connectivity index (χ2v) is 7.35. The lowest BCUT2D eigenvalue weighted by Crippen LogP contribution is -2.65. The van der Waals surface area contributed by atoms with Crippen LogP contribution in [0.3, 0.4) is 0 Å². The maximum atomic E-state index is 13.3. The van der Waals surface area contributed by atoms with E-state index >= 15 is 0 Å². The van der Waals surface area contributed by atoms with Crippen LogP contribution in [-0.4, -0.2) is 35.5 Å². The van der Waals surface area contributed by atoms with Crippen LogP contribution in [0.4, 0.5) is 0 Å². The highest BCUT2D eigenvalue weighted by Crippen LogP contribution is 2.45. The summed E-state index contributed by atoms with van der Waals surface area (Å²) in [6.45, 7) is 8.17. The van der Waals surface area contributed by atoms with Crippen molar-refractivity contribution in [3.63, 3.8) is 0 Å². The van der Waals surface area contributed by atoms with Crippen molar-refractivity contribution in [1.82, 2.24) is 10.2 Å². The first-order valence-corrected chi connectivity index (χ1v) is 8.06. The SMILES string of the molecule is CC1CNC(C)(C)CN1C(=O)C1(c2ccccc2)CCC1. The normalized spacial score (nSPS) is 27.0. The van der Waals surface area contributed by atoms with Crippen LogP contribution >= 0.6 is 0 Å². The van der Waals surface area contributed by atoms with Gasteiger partial charge in [0.2, 0.25) is 5.91 Å². The minimum absolute atomic E-state index is 0.00376. The van der Waals surface area contributed by atoms with Crippen LogP contribution in [0.15, 0.2) is 30.3 Å². The van der Waals surface area contributed by atoms with Gasteiger partial charge in [0, 0.05) is 24.7 Å². The van der Waals surface area contributed by atoms with Gasteiger partial charge in [-0.05, 0) is 39.2 Å². The molecule has 21 heavy (non-hydrogen) atoms. The van der Waals surface area contributed by atoms with Crippen molar-refractivity contribution in [2.75, 3.05) is 13.1 Å². The van der Waals surface area contributed by atoms with E-state index < -0.39 is 0 Å². The summed E-state index contributed by atoms with van der Waals surface area (Å²) in [5.41, 5.74) is 0.942. The third kappa shape index (κ3) is 2.48. The minimum Gasteiger partial charge on any atom is -0.336 e. The lowest BCUT2D eigenvalue weighted by molar-refractivity contribution is -0.145. The van der Waals surface area contributed by atoms with Gasteiger partial charge >= 0.3 is 0 Å². The van der Waals surface area contributed by atoms with Gasteiger partial charge in [0.05, 0.1) is 5.41 Å². The van der Waals surface area contributed by atoms with Gasteiger partial charge in [0.15, 0.2) is 0 Å². The molecule has 1 saturated carbocycles. The summed E-state index contributed by atoms with van der Waals surface area (Å²) in [6, 6.07) is 10.6. The van der Waals surface area contributed by atoms with Crippen molar-refractivity contribution in [1.29, 1.82) is 0 Å². The molecule has 2 aliphatic rings. The Morgan fingerprint density at radius 2 is 1.90 bits per heavy atom. The molecular formula is C18H26N2O. The van der Waals surface area contributed by atoms with Gasteiger partial charge in [-0.2, -0.15) is 0 Å². The Labute approximate surface area is 127 Å². The zero-order valence-electron chi connectivity index (χ0n) is 13.4. The third-order valence-corrected chi connectivity index (χ3v) is 5.18. The summed E-state index contributed by atoms with van der Waals surface area (Å²) in [6.07, 6.45) is 3.14. The van der Waals surface area contributed by atoms with Crippen LogP contribution in [-0.2, 0) is 10.2 Å². The van der Waals surface area contributed by atoms with E-state index in [1.807, 2.05) is 18.2 Å². The van der Waals surface area contributed by atoms with Crippen molar-refractivity contribution in [3.05, 3.63) is 35.9 Å². The molecule has 0 radical (unpaired) electrons. The van der Waals surface area contributed by atoms with Crippen molar-refractivity contribution in [2.45, 2.75) is 57.0 Å². The maximum Gasteiger partial charge on any atom is 0.233 e. The number of hydrogen-bond acceptors (Lipinski definition) is 2. The van der Waals surface area contributed by atoms with Gasteiger partial charge in [-0.3, -0.25) is 4.79 Å². The molecule has 1 aliphatic heterocycles. The molecule has 1 N–H and O–H groups in total. The second-order valence-electron chi connectivity index (χ2n) is 7.35. The van der Waals surface area contributed by atoms with E-state index in [1.54, 1.807) is 0 Å². The molecule has 114 valence electrons. The average Bonchev–Trinajstić information content (AvgIpc) is 2.41. The van der Waals surface area contributed by atoms with Crippen LogP contribution in [0.25, 0.3) is 0 Å². The lowest BCUT2D eigenvalue weighted by Gasteiger charge is -2.50. The minimum atomic E-state index is -0.261. The number of nitrogens with zero attached hydrogens (tertiary/aromatic N) is 1. The van der Waals surface area contributed by atoms with E-state index in [9.17, 15) is 4.79 Å². The standard InChI is InChI=1S/C18H26N2O/c1-14-12-19-17(2,3)13-20(14)16(21)18(10-7-11-18)15-8-5-4-6-9-15/h4-6,8-9,14,19H,7,10-13H2,1-3H3. The zero-order valence-corrected chi connectivity index (χ0v) is 13.4. The fraction of sp³-hybridized carbons (Fsp3) is 0.611. The van der Waals surface area contributed by atoms with Gasteiger partial charge in [0.1, 0.15) is 0 Å². The van der Waals surface area contributed by atoms with Gasteiger partial charge in [-0.1, -0.05) is 36.8 Å². The van der Waals surface area contributed by atoms with Crippen molar-refractivity contribution in [3.8, 4) is 0 Å². The number of nitrogens with one attached hydrogen (secondary N) is 1. The summed E-state index contributed by atoms with van der Waals surface area (Å²) in [7, 11) is 0. The first kappa shape index (κ1) is 14.6. The Kier molecular flexibility index (Phi) is 3.56. The van der Waals surface area contributed by atoms with Crippen LogP contribution < -0.4 is 5.32 Å². The molecule has 1 heterocycles. The third-order valence-electron chi connectivity index (χ3n) is 5.18. The number of carbonyl (C=O) groups excluding carboxylic acids is 1. The van der Waals surface area contributed by atoms with Crippen molar-refractivity contribution < 1.29 is 4.79 Å². The number of piperazine rings is 1. The van der Waals surface area contributed by atoms with Crippen molar-refractivity contribution in [2.24, 2.45) is 0 Å². The summed E-state index contributed by atoms with van der Waals surface area (Å²) >= 11 is 0. The Bertz CT molecular complexity index is 519. The van der Waals surface area contributed by atoms with Gasteiger partial charge in [0.25, 0.3) is 0 Å². The quantitative estimate of drug-likeness (QED) is 0.906. The second kappa shape index (κ2) is 5.13. The Morgan fingerprint density at radius 1 is 1.24 bits per heavy atom. The van der Waals surface area contributed by atoms with E-state index in [0.717, 1.165) is 32.4 Å². The highest BCUT2D eigenvalue weighted by Gasteiger charge is 2.49. The topological polar surface area (TPSA) is 32.3 Å². The molecule has 0 spiro atoms. The number of benzene rings is 1. The van der Waals surface area contributed by atoms with Gasteiger partial charge in [-0.25, -0.2) is 0 Å². The van der Waals surface area contributed by atoms with Crippen LogP contribution in [0.5, 0.6) is 0 Å².